The van der Waals surface area contributed by atoms with Crippen molar-refractivity contribution < 1.29 is 4.39 Å². The lowest BCUT2D eigenvalue weighted by molar-refractivity contribution is 0.631. The molecule has 0 saturated carbocycles. The second-order valence-corrected chi connectivity index (χ2v) is 5.48. The Kier molecular flexibility index (Phi) is 3.49. The van der Waals surface area contributed by atoms with E-state index in [9.17, 15) is 4.39 Å². The first-order chi connectivity index (χ1) is 7.65. The highest BCUT2D eigenvalue weighted by Crippen LogP contribution is 2.26. The first-order valence-electron chi connectivity index (χ1n) is 5.41. The Balaban J connectivity index is 2.13. The molecule has 2 unspecified atom stereocenters. The summed E-state index contributed by atoms with van der Waals surface area (Å²) >= 11 is 1.67. The Morgan fingerprint density at radius 1 is 1.38 bits per heavy atom. The maximum atomic E-state index is 13.4. The van der Waals surface area contributed by atoms with Gasteiger partial charge < -0.3 is 5.32 Å². The molecule has 1 aliphatic rings. The Bertz CT molecular complexity index is 406. The van der Waals surface area contributed by atoms with Crippen molar-refractivity contribution in [3.8, 4) is 0 Å². The Morgan fingerprint density at radius 3 is 2.81 bits per heavy atom. The minimum absolute atomic E-state index is 0.239. The molecule has 2 atom stereocenters. The largest absolute Gasteiger partial charge is 0.333 e. The Labute approximate surface area is 99.3 Å². The number of para-hydroxylation sites is 1. The number of aliphatic imine (C=N–C) groups is 1. The van der Waals surface area contributed by atoms with Crippen molar-refractivity contribution in [2.24, 2.45) is 4.99 Å². The van der Waals surface area contributed by atoms with E-state index in [0.29, 0.717) is 17.0 Å². The topological polar surface area (TPSA) is 24.4 Å². The number of amidine groups is 1. The zero-order valence-electron chi connectivity index (χ0n) is 9.40. The Hall–Kier alpha value is -1.03. The van der Waals surface area contributed by atoms with Gasteiger partial charge in [0.1, 0.15) is 5.82 Å². The number of halogens is 1. The van der Waals surface area contributed by atoms with Crippen molar-refractivity contribution in [2.75, 3.05) is 5.32 Å². The molecule has 4 heteroatoms. The summed E-state index contributed by atoms with van der Waals surface area (Å²) in [5.41, 5.74) is 0.495. The molecular formula is C12H15FN2S. The van der Waals surface area contributed by atoms with E-state index < -0.39 is 0 Å². The van der Waals surface area contributed by atoms with Crippen LogP contribution in [0.15, 0.2) is 29.3 Å². The second-order valence-electron chi connectivity index (χ2n) is 4.05. The number of nitrogens with zero attached hydrogens (tertiary/aromatic N) is 1. The quantitative estimate of drug-likeness (QED) is 0.809. The van der Waals surface area contributed by atoms with Gasteiger partial charge in [-0.2, -0.15) is 0 Å². The number of hydrogen-bond acceptors (Lipinski definition) is 3. The van der Waals surface area contributed by atoms with Crippen LogP contribution in [0.4, 0.5) is 10.1 Å². The number of thioether (sulfide) groups is 1. The predicted octanol–water partition coefficient (Wildman–Crippen LogP) is 3.51. The van der Waals surface area contributed by atoms with Crippen molar-refractivity contribution in [1.29, 1.82) is 0 Å². The molecule has 1 aliphatic heterocycles. The van der Waals surface area contributed by atoms with Gasteiger partial charge in [0.25, 0.3) is 0 Å². The summed E-state index contributed by atoms with van der Waals surface area (Å²) < 4.78 is 13.4. The fraction of sp³-hybridized carbons (Fsp3) is 0.417. The highest BCUT2D eigenvalue weighted by Gasteiger charge is 2.18. The molecule has 1 heterocycles. The van der Waals surface area contributed by atoms with Gasteiger partial charge >= 0.3 is 0 Å². The molecular weight excluding hydrogens is 223 g/mol. The lowest BCUT2D eigenvalue weighted by Gasteiger charge is -2.23. The minimum atomic E-state index is -0.239. The number of rotatable bonds is 1. The number of nitrogens with one attached hydrogen (secondary N) is 1. The van der Waals surface area contributed by atoms with E-state index in [0.717, 1.165) is 11.6 Å². The molecule has 0 bridgehead atoms. The molecule has 0 amide bonds. The van der Waals surface area contributed by atoms with E-state index in [1.807, 2.05) is 6.07 Å². The summed E-state index contributed by atoms with van der Waals surface area (Å²) in [7, 11) is 0. The van der Waals surface area contributed by atoms with Crippen LogP contribution < -0.4 is 5.32 Å². The smallest absolute Gasteiger partial charge is 0.161 e. The molecule has 1 aromatic carbocycles. The van der Waals surface area contributed by atoms with Gasteiger partial charge in [-0.15, -0.1) is 0 Å². The monoisotopic (exact) mass is 238 g/mol. The van der Waals surface area contributed by atoms with Crippen molar-refractivity contribution >= 4 is 22.6 Å². The van der Waals surface area contributed by atoms with Crippen LogP contribution in [-0.4, -0.2) is 16.5 Å². The summed E-state index contributed by atoms with van der Waals surface area (Å²) in [5.74, 6) is -0.239. The molecule has 0 saturated heterocycles. The Morgan fingerprint density at radius 2 is 2.12 bits per heavy atom. The third kappa shape index (κ3) is 2.76. The van der Waals surface area contributed by atoms with Crippen LogP contribution in [0.3, 0.4) is 0 Å². The normalized spacial score (nSPS) is 25.1. The van der Waals surface area contributed by atoms with Crippen molar-refractivity contribution in [3.63, 3.8) is 0 Å². The number of hydrogen-bond donors (Lipinski definition) is 1. The molecule has 0 radical (unpaired) electrons. The van der Waals surface area contributed by atoms with Gasteiger partial charge in [0.05, 0.1) is 11.7 Å². The van der Waals surface area contributed by atoms with Crippen molar-refractivity contribution in [3.05, 3.63) is 30.1 Å². The van der Waals surface area contributed by atoms with E-state index in [1.165, 1.54) is 6.07 Å². The van der Waals surface area contributed by atoms with E-state index in [4.69, 9.17) is 0 Å². The molecule has 2 nitrogen and oxygen atoms in total. The maximum absolute atomic E-state index is 13.4. The standard InChI is InChI=1S/C12H15FN2S/c1-8-7-9(2)16-12(14-8)15-11-6-4-3-5-10(11)13/h3-6,8-9H,7H2,1-2H3,(H,14,15). The number of benzene rings is 1. The minimum Gasteiger partial charge on any atom is -0.333 e. The molecule has 0 spiro atoms. The first kappa shape index (κ1) is 11.5. The highest BCUT2D eigenvalue weighted by molar-refractivity contribution is 8.14. The SMILES string of the molecule is CC1CC(C)SC(Nc2ccccc2F)=N1. The van der Waals surface area contributed by atoms with Gasteiger partial charge in [-0.25, -0.2) is 4.39 Å². The molecule has 86 valence electrons. The lowest BCUT2D eigenvalue weighted by atomic mass is 10.2. The van der Waals surface area contributed by atoms with Gasteiger partial charge in [0.2, 0.25) is 0 Å². The molecule has 1 N–H and O–H groups in total. The van der Waals surface area contributed by atoms with Gasteiger partial charge in [0.15, 0.2) is 5.17 Å². The molecule has 16 heavy (non-hydrogen) atoms. The zero-order valence-corrected chi connectivity index (χ0v) is 10.2. The van der Waals surface area contributed by atoms with E-state index in [2.05, 4.69) is 24.2 Å². The predicted molar refractivity (Wildman–Crippen MR) is 68.6 cm³/mol. The van der Waals surface area contributed by atoms with Crippen LogP contribution in [0.2, 0.25) is 0 Å². The van der Waals surface area contributed by atoms with Crippen LogP contribution in [0.1, 0.15) is 20.3 Å². The highest BCUT2D eigenvalue weighted by atomic mass is 32.2. The fourth-order valence-electron chi connectivity index (χ4n) is 1.74. The summed E-state index contributed by atoms with van der Waals surface area (Å²) in [6.07, 6.45) is 1.08. The third-order valence-corrected chi connectivity index (χ3v) is 3.46. The molecule has 0 aliphatic carbocycles. The van der Waals surface area contributed by atoms with Gasteiger partial charge in [-0.3, -0.25) is 4.99 Å². The zero-order chi connectivity index (χ0) is 11.5. The fourth-order valence-corrected chi connectivity index (χ4v) is 2.91. The molecule has 1 aromatic rings. The molecule has 0 fully saturated rings. The number of anilines is 1. The van der Waals surface area contributed by atoms with Gasteiger partial charge in [-0.05, 0) is 25.5 Å². The van der Waals surface area contributed by atoms with E-state index >= 15 is 0 Å². The summed E-state index contributed by atoms with van der Waals surface area (Å²) in [4.78, 5) is 4.47. The maximum Gasteiger partial charge on any atom is 0.161 e. The van der Waals surface area contributed by atoms with Crippen LogP contribution in [0, 0.1) is 5.82 Å². The summed E-state index contributed by atoms with van der Waals surface area (Å²) in [5, 5.41) is 4.39. The summed E-state index contributed by atoms with van der Waals surface area (Å²) in [6.45, 7) is 4.25. The average Bonchev–Trinajstić information content (AvgIpc) is 2.20. The molecule has 0 aromatic heterocycles. The van der Waals surface area contributed by atoms with Crippen LogP contribution in [-0.2, 0) is 0 Å². The van der Waals surface area contributed by atoms with Crippen LogP contribution in [0.25, 0.3) is 0 Å². The van der Waals surface area contributed by atoms with Crippen molar-refractivity contribution in [1.82, 2.24) is 0 Å². The second kappa shape index (κ2) is 4.87. The average molecular weight is 238 g/mol. The van der Waals surface area contributed by atoms with Crippen LogP contribution in [0.5, 0.6) is 0 Å². The van der Waals surface area contributed by atoms with Gasteiger partial charge in [-0.1, -0.05) is 30.8 Å². The van der Waals surface area contributed by atoms with E-state index in [1.54, 1.807) is 23.9 Å². The summed E-state index contributed by atoms with van der Waals surface area (Å²) in [6, 6.07) is 6.98. The van der Waals surface area contributed by atoms with Crippen molar-refractivity contribution in [2.45, 2.75) is 31.6 Å². The first-order valence-corrected chi connectivity index (χ1v) is 6.29. The van der Waals surface area contributed by atoms with E-state index in [-0.39, 0.29) is 5.82 Å². The van der Waals surface area contributed by atoms with Gasteiger partial charge in [0, 0.05) is 5.25 Å². The molecule has 2 rings (SSSR count). The van der Waals surface area contributed by atoms with Crippen LogP contribution >= 0.6 is 11.8 Å². The third-order valence-electron chi connectivity index (χ3n) is 2.44. The lowest BCUT2D eigenvalue weighted by Crippen LogP contribution is -2.23.